The highest BCUT2D eigenvalue weighted by molar-refractivity contribution is 6.31. The van der Waals surface area contributed by atoms with E-state index >= 15 is 0 Å². The maximum absolute atomic E-state index is 12.2. The molecule has 2 heterocycles. The van der Waals surface area contributed by atoms with E-state index in [1.54, 1.807) is 30.8 Å². The quantitative estimate of drug-likeness (QED) is 0.628. The summed E-state index contributed by atoms with van der Waals surface area (Å²) in [4.78, 5) is 16.4. The molecule has 1 amide bonds. The minimum absolute atomic E-state index is 0.293. The number of rotatable bonds is 6. The Morgan fingerprint density at radius 3 is 2.80 bits per heavy atom. The Bertz CT molecular complexity index is 1140. The fourth-order valence-corrected chi connectivity index (χ4v) is 3.65. The molecule has 1 unspecified atom stereocenters. The molecular formula is C21H20ClN5O3. The first-order chi connectivity index (χ1) is 14.5. The number of amides is 1. The van der Waals surface area contributed by atoms with E-state index < -0.39 is 11.9 Å². The van der Waals surface area contributed by atoms with Crippen molar-refractivity contribution in [3.05, 3.63) is 76.2 Å². The van der Waals surface area contributed by atoms with Gasteiger partial charge in [0.2, 0.25) is 11.9 Å². The predicted octanol–water partition coefficient (Wildman–Crippen LogP) is 3.29. The smallest absolute Gasteiger partial charge is 0.248 e. The van der Waals surface area contributed by atoms with Crippen LogP contribution in [0.2, 0.25) is 5.02 Å². The zero-order valence-corrected chi connectivity index (χ0v) is 17.2. The summed E-state index contributed by atoms with van der Waals surface area (Å²) in [6, 6.07) is 12.4. The minimum atomic E-state index is -0.538. The lowest BCUT2D eigenvalue weighted by Crippen LogP contribution is -2.31. The van der Waals surface area contributed by atoms with E-state index in [0.717, 1.165) is 11.1 Å². The Labute approximate surface area is 178 Å². The molecule has 8 nitrogen and oxygen atoms in total. The second kappa shape index (κ2) is 8.08. The summed E-state index contributed by atoms with van der Waals surface area (Å²) >= 11 is 6.21. The van der Waals surface area contributed by atoms with Crippen LogP contribution < -0.4 is 20.5 Å². The van der Waals surface area contributed by atoms with Crippen LogP contribution in [0.5, 0.6) is 11.5 Å². The number of nitrogens with one attached hydrogen (secondary N) is 1. The summed E-state index contributed by atoms with van der Waals surface area (Å²) in [7, 11) is 1.56. The first-order valence-corrected chi connectivity index (χ1v) is 9.58. The molecule has 1 aliphatic heterocycles. The standard InChI is InChI=1S/C21H20ClN5O3/c1-12-18(20(23)28)19(27-21(26-12)24-11-25-27)13-7-8-16(17(9-13)29-2)30-10-14-5-3-4-6-15(14)22/h3-9,11,19H,10H2,1-2H3,(H2,23,28)(H,24,25,26). The van der Waals surface area contributed by atoms with Crippen LogP contribution in [-0.4, -0.2) is 27.8 Å². The summed E-state index contributed by atoms with van der Waals surface area (Å²) in [5, 5.41) is 7.95. The van der Waals surface area contributed by atoms with E-state index in [2.05, 4.69) is 15.4 Å². The molecule has 4 rings (SSSR count). The summed E-state index contributed by atoms with van der Waals surface area (Å²) in [5.74, 6) is 1.06. The van der Waals surface area contributed by atoms with E-state index in [4.69, 9.17) is 26.8 Å². The van der Waals surface area contributed by atoms with Crippen LogP contribution in [0.25, 0.3) is 0 Å². The van der Waals surface area contributed by atoms with Gasteiger partial charge in [0.1, 0.15) is 19.0 Å². The van der Waals surface area contributed by atoms with Gasteiger partial charge < -0.3 is 20.5 Å². The number of fused-ring (bicyclic) bond motifs is 1. The number of hydrogen-bond donors (Lipinski definition) is 2. The highest BCUT2D eigenvalue weighted by Gasteiger charge is 2.32. The predicted molar refractivity (Wildman–Crippen MR) is 112 cm³/mol. The number of hydrogen-bond acceptors (Lipinski definition) is 6. The van der Waals surface area contributed by atoms with Gasteiger partial charge in [-0.2, -0.15) is 10.1 Å². The van der Waals surface area contributed by atoms with Crippen LogP contribution in [0, 0.1) is 0 Å². The molecule has 1 aromatic heterocycles. The van der Waals surface area contributed by atoms with Crippen molar-refractivity contribution in [1.82, 2.24) is 14.8 Å². The minimum Gasteiger partial charge on any atom is -0.493 e. The zero-order valence-electron chi connectivity index (χ0n) is 16.4. The van der Waals surface area contributed by atoms with Gasteiger partial charge in [-0.3, -0.25) is 4.79 Å². The molecule has 1 atom stereocenters. The Balaban J connectivity index is 1.69. The fourth-order valence-electron chi connectivity index (χ4n) is 3.46. The van der Waals surface area contributed by atoms with Crippen molar-refractivity contribution >= 4 is 23.5 Å². The van der Waals surface area contributed by atoms with Crippen LogP contribution >= 0.6 is 11.6 Å². The van der Waals surface area contributed by atoms with Crippen LogP contribution in [0.3, 0.4) is 0 Å². The van der Waals surface area contributed by atoms with Crippen molar-refractivity contribution < 1.29 is 14.3 Å². The third-order valence-electron chi connectivity index (χ3n) is 4.90. The number of nitrogens with zero attached hydrogens (tertiary/aromatic N) is 3. The van der Waals surface area contributed by atoms with Gasteiger partial charge >= 0.3 is 0 Å². The molecule has 0 spiro atoms. The van der Waals surface area contributed by atoms with E-state index in [-0.39, 0.29) is 0 Å². The number of primary amides is 1. The van der Waals surface area contributed by atoms with Crippen molar-refractivity contribution in [2.24, 2.45) is 5.73 Å². The van der Waals surface area contributed by atoms with Crippen molar-refractivity contribution in [2.45, 2.75) is 19.6 Å². The van der Waals surface area contributed by atoms with E-state index in [1.165, 1.54) is 6.33 Å². The lowest BCUT2D eigenvalue weighted by molar-refractivity contribution is -0.115. The van der Waals surface area contributed by atoms with Gasteiger partial charge in [0.05, 0.1) is 12.7 Å². The van der Waals surface area contributed by atoms with E-state index in [9.17, 15) is 4.79 Å². The highest BCUT2D eigenvalue weighted by Crippen LogP contribution is 2.38. The SMILES string of the molecule is COc1cc(C2C(C(N)=O)=C(C)Nc3ncnn32)ccc1OCc1ccccc1Cl. The maximum atomic E-state index is 12.2. The van der Waals surface area contributed by atoms with Gasteiger partial charge in [-0.1, -0.05) is 35.9 Å². The summed E-state index contributed by atoms with van der Waals surface area (Å²) < 4.78 is 13.1. The molecule has 0 saturated heterocycles. The maximum Gasteiger partial charge on any atom is 0.248 e. The lowest BCUT2D eigenvalue weighted by atomic mass is 9.95. The molecule has 154 valence electrons. The average molecular weight is 426 g/mol. The number of aromatic nitrogens is 3. The van der Waals surface area contributed by atoms with Crippen LogP contribution in [0.1, 0.15) is 24.1 Å². The van der Waals surface area contributed by atoms with Gasteiger partial charge in [-0.05, 0) is 30.7 Å². The molecule has 0 aliphatic carbocycles. The number of methoxy groups -OCH3 is 1. The average Bonchev–Trinajstić information content (AvgIpc) is 3.20. The lowest BCUT2D eigenvalue weighted by Gasteiger charge is -2.28. The van der Waals surface area contributed by atoms with E-state index in [1.807, 2.05) is 30.3 Å². The molecule has 0 saturated carbocycles. The third-order valence-corrected chi connectivity index (χ3v) is 5.27. The number of benzene rings is 2. The molecule has 2 aromatic carbocycles. The van der Waals surface area contributed by atoms with Crippen LogP contribution in [-0.2, 0) is 11.4 Å². The number of halogens is 1. The number of ether oxygens (including phenoxy) is 2. The molecule has 9 heteroatoms. The second-order valence-electron chi connectivity index (χ2n) is 6.75. The number of carbonyl (C=O) groups is 1. The van der Waals surface area contributed by atoms with Crippen molar-refractivity contribution in [2.75, 3.05) is 12.4 Å². The number of allylic oxidation sites excluding steroid dienone is 1. The molecule has 0 fully saturated rings. The molecule has 0 radical (unpaired) electrons. The largest absolute Gasteiger partial charge is 0.493 e. The Kier molecular flexibility index (Phi) is 5.33. The van der Waals surface area contributed by atoms with Gasteiger partial charge in [0.15, 0.2) is 11.5 Å². The van der Waals surface area contributed by atoms with Crippen molar-refractivity contribution in [3.63, 3.8) is 0 Å². The monoisotopic (exact) mass is 425 g/mol. The van der Waals surface area contributed by atoms with Gasteiger partial charge in [-0.15, -0.1) is 0 Å². The summed E-state index contributed by atoms with van der Waals surface area (Å²) in [6.07, 6.45) is 1.42. The molecule has 3 N–H and O–H groups in total. The summed E-state index contributed by atoms with van der Waals surface area (Å²) in [6.45, 7) is 2.07. The fraction of sp³-hybridized carbons (Fsp3) is 0.190. The number of nitrogens with two attached hydrogens (primary N) is 1. The third kappa shape index (κ3) is 3.57. The molecule has 3 aromatic rings. The van der Waals surface area contributed by atoms with Crippen LogP contribution in [0.15, 0.2) is 60.1 Å². The van der Waals surface area contributed by atoms with E-state index in [0.29, 0.717) is 40.3 Å². The summed E-state index contributed by atoms with van der Waals surface area (Å²) in [5.41, 5.74) is 8.33. The molecular weight excluding hydrogens is 406 g/mol. The van der Waals surface area contributed by atoms with Gasteiger partial charge in [0, 0.05) is 16.3 Å². The number of anilines is 1. The first-order valence-electron chi connectivity index (χ1n) is 9.21. The van der Waals surface area contributed by atoms with Gasteiger partial charge in [0.25, 0.3) is 0 Å². The molecule has 1 aliphatic rings. The molecule has 30 heavy (non-hydrogen) atoms. The topological polar surface area (TPSA) is 104 Å². The first kappa shape index (κ1) is 19.8. The Hall–Kier alpha value is -3.52. The van der Waals surface area contributed by atoms with Crippen molar-refractivity contribution in [1.29, 1.82) is 0 Å². The van der Waals surface area contributed by atoms with Crippen LogP contribution in [0.4, 0.5) is 5.95 Å². The van der Waals surface area contributed by atoms with Crippen molar-refractivity contribution in [3.8, 4) is 11.5 Å². The Morgan fingerprint density at radius 1 is 1.27 bits per heavy atom. The second-order valence-corrected chi connectivity index (χ2v) is 7.16. The zero-order chi connectivity index (χ0) is 21.3. The van der Waals surface area contributed by atoms with Gasteiger partial charge in [-0.25, -0.2) is 4.68 Å². The number of carbonyl (C=O) groups excluding carboxylic acids is 1. The Morgan fingerprint density at radius 2 is 2.07 bits per heavy atom. The normalized spacial score (nSPS) is 15.4. The highest BCUT2D eigenvalue weighted by atomic mass is 35.5. The molecule has 0 bridgehead atoms.